The molecule has 0 saturated carbocycles. The number of nitrogens with one attached hydrogen (secondary N) is 1. The first kappa shape index (κ1) is 10.7. The Balaban J connectivity index is 2.14. The summed E-state index contributed by atoms with van der Waals surface area (Å²) in [5, 5.41) is 3.47. The summed E-state index contributed by atoms with van der Waals surface area (Å²) < 4.78 is 0. The Bertz CT molecular complexity index is 673. The van der Waals surface area contributed by atoms with Crippen molar-refractivity contribution in [1.29, 1.82) is 0 Å². The summed E-state index contributed by atoms with van der Waals surface area (Å²) in [5.74, 6) is 0.726. The summed E-state index contributed by atoms with van der Waals surface area (Å²) in [6, 6.07) is 5.65. The molecule has 0 atom stereocenters. The number of aromatic nitrogens is 3. The van der Waals surface area contributed by atoms with Crippen molar-refractivity contribution in [2.75, 3.05) is 0 Å². The molecule has 17 heavy (non-hydrogen) atoms. The lowest BCUT2D eigenvalue weighted by Crippen LogP contribution is -1.94. The monoisotopic (exact) mass is 264 g/mol. The van der Waals surface area contributed by atoms with Crippen LogP contribution in [0, 0.1) is 0 Å². The fourth-order valence-electron chi connectivity index (χ4n) is 1.63. The number of imidazole rings is 1. The smallest absolute Gasteiger partial charge is 0.158 e. The number of thiazole rings is 1. The van der Waals surface area contributed by atoms with Crippen molar-refractivity contribution >= 4 is 34.0 Å². The number of hydrogen-bond donors (Lipinski definition) is 2. The Morgan fingerprint density at radius 3 is 2.94 bits per heavy atom. The Labute approximate surface area is 106 Å². The molecule has 0 bridgehead atoms. The number of para-hydroxylation sites is 1. The molecule has 2 aromatic heterocycles. The number of halogens is 1. The zero-order valence-corrected chi connectivity index (χ0v) is 10.3. The van der Waals surface area contributed by atoms with Gasteiger partial charge in [-0.15, -0.1) is 11.3 Å². The van der Waals surface area contributed by atoms with E-state index in [1.165, 1.54) is 11.3 Å². The maximum atomic E-state index is 6.07. The molecular formula is C11H9ClN4S. The topological polar surface area (TPSA) is 67.6 Å². The van der Waals surface area contributed by atoms with Gasteiger partial charge in [-0.3, -0.25) is 0 Å². The standard InChI is InChI=1S/C11H9ClN4S/c12-6-2-1-3-7-10(6)16-11(15-7)8-5-17-9(4-13)14-8/h1-3,5H,4,13H2,(H,15,16). The molecule has 0 radical (unpaired) electrons. The van der Waals surface area contributed by atoms with Crippen molar-refractivity contribution in [3.8, 4) is 11.5 Å². The average molecular weight is 265 g/mol. The van der Waals surface area contributed by atoms with Gasteiger partial charge >= 0.3 is 0 Å². The van der Waals surface area contributed by atoms with Gasteiger partial charge in [0.15, 0.2) is 5.82 Å². The van der Waals surface area contributed by atoms with E-state index in [2.05, 4.69) is 15.0 Å². The molecule has 0 aliphatic rings. The van der Waals surface area contributed by atoms with E-state index >= 15 is 0 Å². The van der Waals surface area contributed by atoms with Crippen LogP contribution in [0.2, 0.25) is 5.02 Å². The van der Waals surface area contributed by atoms with Crippen molar-refractivity contribution in [2.45, 2.75) is 6.54 Å². The average Bonchev–Trinajstić information content (AvgIpc) is 2.95. The summed E-state index contributed by atoms with van der Waals surface area (Å²) in [7, 11) is 0. The second kappa shape index (κ2) is 4.10. The van der Waals surface area contributed by atoms with Gasteiger partial charge in [-0.1, -0.05) is 17.7 Å². The SMILES string of the molecule is NCc1nc(-c2nc3c(Cl)cccc3[nH]2)cs1. The molecular weight excluding hydrogens is 256 g/mol. The van der Waals surface area contributed by atoms with Crippen LogP contribution in [0.15, 0.2) is 23.6 Å². The molecule has 0 unspecified atom stereocenters. The number of nitrogens with two attached hydrogens (primary N) is 1. The molecule has 3 aromatic rings. The van der Waals surface area contributed by atoms with Crippen LogP contribution in [-0.4, -0.2) is 15.0 Å². The van der Waals surface area contributed by atoms with Crippen LogP contribution < -0.4 is 5.73 Å². The molecule has 0 fully saturated rings. The number of aromatic amines is 1. The summed E-state index contributed by atoms with van der Waals surface area (Å²) in [5.41, 5.74) is 8.03. The lowest BCUT2D eigenvalue weighted by molar-refractivity contribution is 1.04. The summed E-state index contributed by atoms with van der Waals surface area (Å²) in [6.45, 7) is 0.450. The van der Waals surface area contributed by atoms with Gasteiger partial charge in [-0.2, -0.15) is 0 Å². The zero-order valence-electron chi connectivity index (χ0n) is 8.77. The van der Waals surface area contributed by atoms with Gasteiger partial charge < -0.3 is 10.7 Å². The Morgan fingerprint density at radius 2 is 2.24 bits per heavy atom. The predicted molar refractivity (Wildman–Crippen MR) is 70.1 cm³/mol. The van der Waals surface area contributed by atoms with E-state index in [9.17, 15) is 0 Å². The Kier molecular flexibility index (Phi) is 2.58. The quantitative estimate of drug-likeness (QED) is 0.748. The van der Waals surface area contributed by atoms with Gasteiger partial charge in [-0.25, -0.2) is 9.97 Å². The molecule has 4 nitrogen and oxygen atoms in total. The first-order chi connectivity index (χ1) is 8.28. The highest BCUT2D eigenvalue weighted by atomic mass is 35.5. The fourth-order valence-corrected chi connectivity index (χ4v) is 2.51. The molecule has 3 N–H and O–H groups in total. The lowest BCUT2D eigenvalue weighted by atomic mass is 10.3. The molecule has 0 spiro atoms. The van der Waals surface area contributed by atoms with Crippen LogP contribution in [0.3, 0.4) is 0 Å². The van der Waals surface area contributed by atoms with E-state index in [-0.39, 0.29) is 0 Å². The number of rotatable bonds is 2. The maximum Gasteiger partial charge on any atom is 0.158 e. The normalized spacial score (nSPS) is 11.2. The predicted octanol–water partition coefficient (Wildman–Crippen LogP) is 2.80. The van der Waals surface area contributed by atoms with Gasteiger partial charge in [0.25, 0.3) is 0 Å². The summed E-state index contributed by atoms with van der Waals surface area (Å²) in [4.78, 5) is 12.0. The van der Waals surface area contributed by atoms with Crippen LogP contribution in [0.1, 0.15) is 5.01 Å². The van der Waals surface area contributed by atoms with Crippen molar-refractivity contribution < 1.29 is 0 Å². The molecule has 86 valence electrons. The van der Waals surface area contributed by atoms with Crippen molar-refractivity contribution in [3.63, 3.8) is 0 Å². The number of H-pyrrole nitrogens is 1. The molecule has 3 rings (SSSR count). The van der Waals surface area contributed by atoms with Crippen LogP contribution in [0.5, 0.6) is 0 Å². The summed E-state index contributed by atoms with van der Waals surface area (Å²) >= 11 is 7.60. The van der Waals surface area contributed by atoms with Crippen LogP contribution in [0.4, 0.5) is 0 Å². The van der Waals surface area contributed by atoms with E-state index in [1.807, 2.05) is 23.6 Å². The molecule has 0 aliphatic heterocycles. The summed E-state index contributed by atoms with van der Waals surface area (Å²) in [6.07, 6.45) is 0. The zero-order chi connectivity index (χ0) is 11.8. The Hall–Kier alpha value is -1.43. The highest BCUT2D eigenvalue weighted by molar-refractivity contribution is 7.09. The first-order valence-electron chi connectivity index (χ1n) is 5.07. The first-order valence-corrected chi connectivity index (χ1v) is 6.33. The maximum absolute atomic E-state index is 6.07. The van der Waals surface area contributed by atoms with Crippen molar-refractivity contribution in [2.24, 2.45) is 5.73 Å². The third-order valence-corrected chi connectivity index (χ3v) is 3.61. The van der Waals surface area contributed by atoms with Crippen LogP contribution >= 0.6 is 22.9 Å². The van der Waals surface area contributed by atoms with Gasteiger partial charge in [0.2, 0.25) is 0 Å². The number of fused-ring (bicyclic) bond motifs is 1. The van der Waals surface area contributed by atoms with Gasteiger partial charge in [-0.05, 0) is 12.1 Å². The minimum absolute atomic E-state index is 0.450. The van der Waals surface area contributed by atoms with E-state index < -0.39 is 0 Å². The Morgan fingerprint density at radius 1 is 1.35 bits per heavy atom. The molecule has 1 aromatic carbocycles. The lowest BCUT2D eigenvalue weighted by Gasteiger charge is -1.88. The van der Waals surface area contributed by atoms with Crippen LogP contribution in [0.25, 0.3) is 22.6 Å². The van der Waals surface area contributed by atoms with Crippen molar-refractivity contribution in [3.05, 3.63) is 33.6 Å². The van der Waals surface area contributed by atoms with Gasteiger partial charge in [0, 0.05) is 11.9 Å². The number of nitrogens with zero attached hydrogens (tertiary/aromatic N) is 2. The highest BCUT2D eigenvalue weighted by Gasteiger charge is 2.10. The molecule has 6 heteroatoms. The molecule has 2 heterocycles. The third-order valence-electron chi connectivity index (χ3n) is 2.43. The van der Waals surface area contributed by atoms with E-state index in [1.54, 1.807) is 0 Å². The molecule has 0 saturated heterocycles. The van der Waals surface area contributed by atoms with Gasteiger partial charge in [0.1, 0.15) is 16.2 Å². The number of benzene rings is 1. The minimum Gasteiger partial charge on any atom is -0.337 e. The van der Waals surface area contributed by atoms with E-state index in [4.69, 9.17) is 17.3 Å². The third kappa shape index (κ3) is 1.82. The second-order valence-corrected chi connectivity index (χ2v) is 4.90. The van der Waals surface area contributed by atoms with Crippen LogP contribution in [-0.2, 0) is 6.54 Å². The molecule has 0 amide bonds. The highest BCUT2D eigenvalue weighted by Crippen LogP contribution is 2.26. The van der Waals surface area contributed by atoms with Crippen molar-refractivity contribution in [1.82, 2.24) is 15.0 Å². The number of hydrogen-bond acceptors (Lipinski definition) is 4. The van der Waals surface area contributed by atoms with E-state index in [0.717, 1.165) is 27.6 Å². The largest absolute Gasteiger partial charge is 0.337 e. The van der Waals surface area contributed by atoms with Gasteiger partial charge in [0.05, 0.1) is 10.5 Å². The molecule has 0 aliphatic carbocycles. The van der Waals surface area contributed by atoms with E-state index in [0.29, 0.717) is 11.6 Å². The fraction of sp³-hybridized carbons (Fsp3) is 0.0909. The minimum atomic E-state index is 0.450. The second-order valence-electron chi connectivity index (χ2n) is 3.55.